The van der Waals surface area contributed by atoms with Gasteiger partial charge in [0.05, 0.1) is 0 Å². The van der Waals surface area contributed by atoms with Crippen molar-refractivity contribution in [3.8, 4) is 0 Å². The summed E-state index contributed by atoms with van der Waals surface area (Å²) < 4.78 is 0. The zero-order chi connectivity index (χ0) is 12.7. The fraction of sp³-hybridized carbons (Fsp3) is 0.357. The Morgan fingerprint density at radius 2 is 2.18 bits per heavy atom. The van der Waals surface area contributed by atoms with Crippen LogP contribution in [0.3, 0.4) is 0 Å². The Bertz CT molecular complexity index is 399. The molecule has 0 unspecified atom stereocenters. The zero-order valence-corrected chi connectivity index (χ0v) is 10.5. The van der Waals surface area contributed by atoms with E-state index in [-0.39, 0.29) is 5.91 Å². The normalized spacial score (nSPS) is 9.76. The van der Waals surface area contributed by atoms with Crippen molar-refractivity contribution in [2.24, 2.45) is 0 Å². The SMILES string of the molecule is C=CCNC(=O)CCNc1ccc(C)cc1C. The van der Waals surface area contributed by atoms with Gasteiger partial charge < -0.3 is 10.6 Å². The van der Waals surface area contributed by atoms with E-state index in [1.807, 2.05) is 6.07 Å². The third-order valence-corrected chi connectivity index (χ3v) is 2.49. The molecule has 0 aliphatic rings. The van der Waals surface area contributed by atoms with Crippen molar-refractivity contribution in [3.63, 3.8) is 0 Å². The van der Waals surface area contributed by atoms with Crippen molar-refractivity contribution in [2.45, 2.75) is 20.3 Å². The zero-order valence-electron chi connectivity index (χ0n) is 10.5. The number of anilines is 1. The molecule has 0 fully saturated rings. The smallest absolute Gasteiger partial charge is 0.222 e. The highest BCUT2D eigenvalue weighted by Gasteiger charge is 2.01. The summed E-state index contributed by atoms with van der Waals surface area (Å²) in [4.78, 5) is 11.3. The Hall–Kier alpha value is -1.77. The second-order valence-corrected chi connectivity index (χ2v) is 4.09. The predicted molar refractivity (Wildman–Crippen MR) is 72.2 cm³/mol. The number of hydrogen-bond donors (Lipinski definition) is 2. The van der Waals surface area contributed by atoms with Gasteiger partial charge in [0.1, 0.15) is 0 Å². The van der Waals surface area contributed by atoms with Crippen molar-refractivity contribution >= 4 is 11.6 Å². The highest BCUT2D eigenvalue weighted by Crippen LogP contribution is 2.15. The molecule has 17 heavy (non-hydrogen) atoms. The highest BCUT2D eigenvalue weighted by atomic mass is 16.1. The van der Waals surface area contributed by atoms with Gasteiger partial charge in [-0.2, -0.15) is 0 Å². The summed E-state index contributed by atoms with van der Waals surface area (Å²) in [5.74, 6) is 0.0437. The monoisotopic (exact) mass is 232 g/mol. The van der Waals surface area contributed by atoms with E-state index >= 15 is 0 Å². The van der Waals surface area contributed by atoms with Crippen LogP contribution in [0.2, 0.25) is 0 Å². The maximum Gasteiger partial charge on any atom is 0.222 e. The number of rotatable bonds is 6. The molecule has 92 valence electrons. The van der Waals surface area contributed by atoms with Crippen LogP contribution in [0.1, 0.15) is 17.5 Å². The van der Waals surface area contributed by atoms with Crippen molar-refractivity contribution in [1.29, 1.82) is 0 Å². The average Bonchev–Trinajstić information content (AvgIpc) is 2.29. The largest absolute Gasteiger partial charge is 0.384 e. The number of nitrogens with one attached hydrogen (secondary N) is 2. The Labute approximate surface area is 103 Å². The number of benzene rings is 1. The van der Waals surface area contributed by atoms with Gasteiger partial charge in [0.15, 0.2) is 0 Å². The number of amides is 1. The van der Waals surface area contributed by atoms with E-state index < -0.39 is 0 Å². The van der Waals surface area contributed by atoms with Crippen LogP contribution in [0.15, 0.2) is 30.9 Å². The molecule has 0 saturated carbocycles. The fourth-order valence-electron chi connectivity index (χ4n) is 1.60. The molecule has 2 N–H and O–H groups in total. The molecule has 0 saturated heterocycles. The average molecular weight is 232 g/mol. The second kappa shape index (κ2) is 6.74. The first-order chi connectivity index (χ1) is 8.13. The van der Waals surface area contributed by atoms with Gasteiger partial charge in [0, 0.05) is 25.2 Å². The quantitative estimate of drug-likeness (QED) is 0.739. The standard InChI is InChI=1S/C14H20N2O/c1-4-8-16-14(17)7-9-15-13-6-5-11(2)10-12(13)3/h4-6,10,15H,1,7-9H2,2-3H3,(H,16,17). The molecule has 0 aromatic heterocycles. The van der Waals surface area contributed by atoms with Crippen LogP contribution in [0, 0.1) is 13.8 Å². The summed E-state index contributed by atoms with van der Waals surface area (Å²) in [6.45, 7) is 8.86. The molecule has 3 heteroatoms. The lowest BCUT2D eigenvalue weighted by Crippen LogP contribution is -2.25. The number of hydrogen-bond acceptors (Lipinski definition) is 2. The van der Waals surface area contributed by atoms with Gasteiger partial charge in [-0.15, -0.1) is 6.58 Å². The van der Waals surface area contributed by atoms with E-state index in [2.05, 4.69) is 43.2 Å². The van der Waals surface area contributed by atoms with Gasteiger partial charge in [-0.1, -0.05) is 23.8 Å². The second-order valence-electron chi connectivity index (χ2n) is 4.09. The van der Waals surface area contributed by atoms with E-state index in [0.717, 1.165) is 5.69 Å². The topological polar surface area (TPSA) is 41.1 Å². The minimum Gasteiger partial charge on any atom is -0.384 e. The van der Waals surface area contributed by atoms with Crippen molar-refractivity contribution < 1.29 is 4.79 Å². The fourth-order valence-corrected chi connectivity index (χ4v) is 1.60. The molecule has 0 aliphatic heterocycles. The van der Waals surface area contributed by atoms with Crippen LogP contribution in [0.5, 0.6) is 0 Å². The predicted octanol–water partition coefficient (Wildman–Crippen LogP) is 2.41. The number of carbonyl (C=O) groups is 1. The Kier molecular flexibility index (Phi) is 5.27. The van der Waals surface area contributed by atoms with Crippen LogP contribution < -0.4 is 10.6 Å². The number of carbonyl (C=O) groups excluding carboxylic acids is 1. The van der Waals surface area contributed by atoms with E-state index in [4.69, 9.17) is 0 Å². The van der Waals surface area contributed by atoms with E-state index in [1.165, 1.54) is 11.1 Å². The molecule has 0 spiro atoms. The van der Waals surface area contributed by atoms with Gasteiger partial charge >= 0.3 is 0 Å². The van der Waals surface area contributed by atoms with Gasteiger partial charge in [0.25, 0.3) is 0 Å². The summed E-state index contributed by atoms with van der Waals surface area (Å²) in [7, 11) is 0. The summed E-state index contributed by atoms with van der Waals surface area (Å²) in [5.41, 5.74) is 3.54. The molecule has 1 aromatic carbocycles. The molecule has 1 rings (SSSR count). The first-order valence-corrected chi connectivity index (χ1v) is 5.82. The molecule has 0 heterocycles. The molecule has 0 radical (unpaired) electrons. The summed E-state index contributed by atoms with van der Waals surface area (Å²) in [5, 5.41) is 6.01. The molecular formula is C14H20N2O. The highest BCUT2D eigenvalue weighted by molar-refractivity contribution is 5.76. The van der Waals surface area contributed by atoms with Crippen molar-refractivity contribution in [3.05, 3.63) is 42.0 Å². The first kappa shape index (κ1) is 13.3. The minimum absolute atomic E-state index is 0.0437. The lowest BCUT2D eigenvalue weighted by Gasteiger charge is -2.10. The van der Waals surface area contributed by atoms with Gasteiger partial charge in [-0.05, 0) is 25.5 Å². The van der Waals surface area contributed by atoms with Gasteiger partial charge in [-0.25, -0.2) is 0 Å². The van der Waals surface area contributed by atoms with Crippen LogP contribution in [0.4, 0.5) is 5.69 Å². The maximum absolute atomic E-state index is 11.3. The van der Waals surface area contributed by atoms with E-state index in [0.29, 0.717) is 19.5 Å². The van der Waals surface area contributed by atoms with Crippen LogP contribution in [0.25, 0.3) is 0 Å². The molecule has 3 nitrogen and oxygen atoms in total. The van der Waals surface area contributed by atoms with E-state index in [9.17, 15) is 4.79 Å². The molecule has 1 amide bonds. The third kappa shape index (κ3) is 4.72. The van der Waals surface area contributed by atoms with Crippen molar-refractivity contribution in [2.75, 3.05) is 18.4 Å². The third-order valence-electron chi connectivity index (χ3n) is 2.49. The molecular weight excluding hydrogens is 212 g/mol. The number of aryl methyl sites for hydroxylation is 2. The minimum atomic E-state index is 0.0437. The van der Waals surface area contributed by atoms with Crippen LogP contribution in [-0.2, 0) is 4.79 Å². The molecule has 0 bridgehead atoms. The lowest BCUT2D eigenvalue weighted by atomic mass is 10.1. The van der Waals surface area contributed by atoms with Crippen LogP contribution >= 0.6 is 0 Å². The first-order valence-electron chi connectivity index (χ1n) is 5.82. The van der Waals surface area contributed by atoms with Gasteiger partial charge in [-0.3, -0.25) is 4.79 Å². The van der Waals surface area contributed by atoms with E-state index in [1.54, 1.807) is 6.08 Å². The maximum atomic E-state index is 11.3. The molecule has 0 aliphatic carbocycles. The molecule has 0 atom stereocenters. The molecule has 1 aromatic rings. The lowest BCUT2D eigenvalue weighted by molar-refractivity contribution is -0.120. The summed E-state index contributed by atoms with van der Waals surface area (Å²) in [6.07, 6.45) is 2.15. The van der Waals surface area contributed by atoms with Crippen molar-refractivity contribution in [1.82, 2.24) is 5.32 Å². The van der Waals surface area contributed by atoms with Gasteiger partial charge in [0.2, 0.25) is 5.91 Å². The summed E-state index contributed by atoms with van der Waals surface area (Å²) in [6, 6.07) is 6.24. The Morgan fingerprint density at radius 1 is 1.41 bits per heavy atom. The Balaban J connectivity index is 2.35. The Morgan fingerprint density at radius 3 is 2.82 bits per heavy atom. The van der Waals surface area contributed by atoms with Crippen LogP contribution in [-0.4, -0.2) is 19.0 Å². The summed E-state index contributed by atoms with van der Waals surface area (Å²) >= 11 is 0.